The third-order valence-corrected chi connectivity index (χ3v) is 3.43. The Labute approximate surface area is 114 Å². The van der Waals surface area contributed by atoms with E-state index in [0.717, 1.165) is 17.8 Å². The van der Waals surface area contributed by atoms with Gasteiger partial charge in [-0.1, -0.05) is 36.4 Å². The molecule has 0 aliphatic heterocycles. The molecule has 2 rings (SSSR count). The summed E-state index contributed by atoms with van der Waals surface area (Å²) in [5.41, 5.74) is 1.96. The Hall–Kier alpha value is -1.71. The molecule has 0 bridgehead atoms. The number of benzene rings is 1. The molecule has 19 heavy (non-hydrogen) atoms. The van der Waals surface area contributed by atoms with Crippen molar-refractivity contribution in [3.63, 3.8) is 0 Å². The van der Waals surface area contributed by atoms with Crippen LogP contribution in [0, 0.1) is 0 Å². The Morgan fingerprint density at radius 3 is 2.42 bits per heavy atom. The third-order valence-electron chi connectivity index (χ3n) is 3.43. The van der Waals surface area contributed by atoms with Crippen LogP contribution >= 0.6 is 0 Å². The number of likely N-dealkylation sites (N-methyl/N-ethyl adjacent to an activating group) is 1. The van der Waals surface area contributed by atoms with E-state index >= 15 is 0 Å². The molecule has 0 saturated carbocycles. The van der Waals surface area contributed by atoms with Crippen molar-refractivity contribution in [2.24, 2.45) is 0 Å². The van der Waals surface area contributed by atoms with Crippen molar-refractivity contribution in [2.75, 3.05) is 7.05 Å². The van der Waals surface area contributed by atoms with Gasteiger partial charge in [-0.2, -0.15) is 0 Å². The first-order chi connectivity index (χ1) is 9.18. The highest BCUT2D eigenvalue weighted by Crippen LogP contribution is 2.20. The molecule has 0 spiro atoms. The van der Waals surface area contributed by atoms with Gasteiger partial charge in [0.15, 0.2) is 0 Å². The van der Waals surface area contributed by atoms with Gasteiger partial charge in [0.25, 0.3) is 0 Å². The molecule has 1 aromatic heterocycles. The standard InChI is InChI=1S/C16H20N2O/c1-13(16(19)14-8-4-3-5-9-14)18(2)12-15-10-6-7-11-17-15/h3-11,13,16,19H,12H2,1-2H3/t13-,16+/m1/s1. The Bertz CT molecular complexity index is 487. The number of pyridine rings is 1. The van der Waals surface area contributed by atoms with Crippen LogP contribution in [0.3, 0.4) is 0 Å². The Morgan fingerprint density at radius 2 is 1.79 bits per heavy atom. The van der Waals surface area contributed by atoms with Crippen molar-refractivity contribution in [3.05, 3.63) is 66.0 Å². The van der Waals surface area contributed by atoms with E-state index in [9.17, 15) is 5.11 Å². The van der Waals surface area contributed by atoms with Gasteiger partial charge >= 0.3 is 0 Å². The zero-order valence-corrected chi connectivity index (χ0v) is 11.4. The van der Waals surface area contributed by atoms with Gasteiger partial charge in [0.2, 0.25) is 0 Å². The summed E-state index contributed by atoms with van der Waals surface area (Å²) in [5, 5.41) is 10.4. The number of aliphatic hydroxyl groups is 1. The maximum atomic E-state index is 10.4. The van der Waals surface area contributed by atoms with E-state index < -0.39 is 6.10 Å². The van der Waals surface area contributed by atoms with Crippen LogP contribution < -0.4 is 0 Å². The minimum absolute atomic E-state index is 0.0319. The predicted octanol–water partition coefficient (Wildman–Crippen LogP) is 2.64. The highest BCUT2D eigenvalue weighted by molar-refractivity contribution is 5.18. The summed E-state index contributed by atoms with van der Waals surface area (Å²) in [5.74, 6) is 0. The average Bonchev–Trinajstić information content (AvgIpc) is 2.47. The van der Waals surface area contributed by atoms with Crippen LogP contribution in [0.2, 0.25) is 0 Å². The quantitative estimate of drug-likeness (QED) is 0.893. The summed E-state index contributed by atoms with van der Waals surface area (Å²) in [6, 6.07) is 15.7. The first kappa shape index (κ1) is 13.7. The number of hydrogen-bond donors (Lipinski definition) is 1. The Morgan fingerprint density at radius 1 is 1.11 bits per heavy atom. The van der Waals surface area contributed by atoms with Crippen LogP contribution in [-0.4, -0.2) is 28.1 Å². The largest absolute Gasteiger partial charge is 0.387 e. The topological polar surface area (TPSA) is 36.4 Å². The van der Waals surface area contributed by atoms with Crippen molar-refractivity contribution in [1.82, 2.24) is 9.88 Å². The number of nitrogens with zero attached hydrogens (tertiary/aromatic N) is 2. The minimum atomic E-state index is -0.491. The second-order valence-corrected chi connectivity index (χ2v) is 4.83. The third kappa shape index (κ3) is 3.63. The van der Waals surface area contributed by atoms with Gasteiger partial charge < -0.3 is 5.11 Å². The molecule has 0 unspecified atom stereocenters. The summed E-state index contributed by atoms with van der Waals surface area (Å²) in [6.45, 7) is 2.76. The summed E-state index contributed by atoms with van der Waals surface area (Å²) < 4.78 is 0. The van der Waals surface area contributed by atoms with Crippen LogP contribution in [0.15, 0.2) is 54.7 Å². The summed E-state index contributed by atoms with van der Waals surface area (Å²) in [7, 11) is 2.01. The van der Waals surface area contributed by atoms with E-state index in [2.05, 4.69) is 9.88 Å². The highest BCUT2D eigenvalue weighted by atomic mass is 16.3. The molecule has 0 radical (unpaired) electrons. The number of rotatable bonds is 5. The molecule has 2 aromatic rings. The van der Waals surface area contributed by atoms with E-state index in [-0.39, 0.29) is 6.04 Å². The fraction of sp³-hybridized carbons (Fsp3) is 0.312. The van der Waals surface area contributed by atoms with Gasteiger partial charge in [-0.05, 0) is 31.7 Å². The average molecular weight is 256 g/mol. The van der Waals surface area contributed by atoms with Crippen molar-refractivity contribution in [1.29, 1.82) is 0 Å². The first-order valence-corrected chi connectivity index (χ1v) is 6.51. The molecule has 0 saturated heterocycles. The van der Waals surface area contributed by atoms with E-state index in [4.69, 9.17) is 0 Å². The fourth-order valence-electron chi connectivity index (χ4n) is 2.06. The van der Waals surface area contributed by atoms with Gasteiger partial charge in [0, 0.05) is 18.8 Å². The van der Waals surface area contributed by atoms with Gasteiger partial charge in [-0.15, -0.1) is 0 Å². The Balaban J connectivity index is 2.01. The first-order valence-electron chi connectivity index (χ1n) is 6.51. The summed E-state index contributed by atoms with van der Waals surface area (Å²) in [4.78, 5) is 6.42. The van der Waals surface area contributed by atoms with Gasteiger partial charge in [-0.3, -0.25) is 9.88 Å². The van der Waals surface area contributed by atoms with E-state index in [1.165, 1.54) is 0 Å². The highest BCUT2D eigenvalue weighted by Gasteiger charge is 2.20. The van der Waals surface area contributed by atoms with Crippen LogP contribution in [0.1, 0.15) is 24.3 Å². The lowest BCUT2D eigenvalue weighted by Crippen LogP contribution is -2.34. The van der Waals surface area contributed by atoms with Crippen molar-refractivity contribution >= 4 is 0 Å². The molecular formula is C16H20N2O. The smallest absolute Gasteiger partial charge is 0.0942 e. The molecule has 0 amide bonds. The molecule has 2 atom stereocenters. The summed E-state index contributed by atoms with van der Waals surface area (Å²) >= 11 is 0. The lowest BCUT2D eigenvalue weighted by atomic mass is 10.0. The van der Waals surface area contributed by atoms with E-state index in [0.29, 0.717) is 0 Å². The van der Waals surface area contributed by atoms with Gasteiger partial charge in [0.05, 0.1) is 11.8 Å². The summed E-state index contributed by atoms with van der Waals surface area (Å²) in [6.07, 6.45) is 1.30. The minimum Gasteiger partial charge on any atom is -0.387 e. The lowest BCUT2D eigenvalue weighted by Gasteiger charge is -2.28. The Kier molecular flexibility index (Phi) is 4.66. The normalized spacial score (nSPS) is 14.3. The van der Waals surface area contributed by atoms with Crippen LogP contribution in [0.25, 0.3) is 0 Å². The lowest BCUT2D eigenvalue weighted by molar-refractivity contribution is 0.0682. The molecule has 0 aliphatic carbocycles. The molecule has 1 aromatic carbocycles. The van der Waals surface area contributed by atoms with Crippen LogP contribution in [0.4, 0.5) is 0 Å². The van der Waals surface area contributed by atoms with E-state index in [1.54, 1.807) is 6.20 Å². The molecule has 3 heteroatoms. The van der Waals surface area contributed by atoms with Gasteiger partial charge in [-0.25, -0.2) is 0 Å². The molecule has 1 heterocycles. The zero-order chi connectivity index (χ0) is 13.7. The predicted molar refractivity (Wildman–Crippen MR) is 76.6 cm³/mol. The van der Waals surface area contributed by atoms with Crippen LogP contribution in [-0.2, 0) is 6.54 Å². The molecule has 0 aliphatic rings. The monoisotopic (exact) mass is 256 g/mol. The fourth-order valence-corrected chi connectivity index (χ4v) is 2.06. The number of hydrogen-bond acceptors (Lipinski definition) is 3. The molecule has 0 fully saturated rings. The molecule has 100 valence electrons. The molecular weight excluding hydrogens is 236 g/mol. The maximum Gasteiger partial charge on any atom is 0.0942 e. The second kappa shape index (κ2) is 6.45. The van der Waals surface area contributed by atoms with Crippen LogP contribution in [0.5, 0.6) is 0 Å². The zero-order valence-electron chi connectivity index (χ0n) is 11.4. The SMILES string of the molecule is C[C@H]([C@H](O)c1ccccc1)N(C)Cc1ccccn1. The maximum absolute atomic E-state index is 10.4. The van der Waals surface area contributed by atoms with Crippen molar-refractivity contribution in [3.8, 4) is 0 Å². The van der Waals surface area contributed by atoms with E-state index in [1.807, 2.05) is 62.5 Å². The van der Waals surface area contributed by atoms with Crippen molar-refractivity contribution < 1.29 is 5.11 Å². The van der Waals surface area contributed by atoms with Gasteiger partial charge in [0.1, 0.15) is 0 Å². The number of aliphatic hydroxyl groups excluding tert-OH is 1. The molecule has 3 nitrogen and oxygen atoms in total. The second-order valence-electron chi connectivity index (χ2n) is 4.83. The number of aromatic nitrogens is 1. The van der Waals surface area contributed by atoms with Crippen molar-refractivity contribution in [2.45, 2.75) is 25.6 Å². The molecule has 1 N–H and O–H groups in total.